The van der Waals surface area contributed by atoms with Crippen molar-refractivity contribution in [2.45, 2.75) is 6.92 Å². The molecule has 0 N–H and O–H groups in total. The molecule has 0 amide bonds. The standard InChI is InChI=1S/C18H12N4O3S/c1-11-4-2-3-5-14(11)16-19-18-21(20-16)17(23)15(26-18)10-12-6-8-13(9-7-12)22(24)25/h2-10H,1H3/b15-10+. The number of hydrogen-bond acceptors (Lipinski definition) is 6. The van der Waals surface area contributed by atoms with Gasteiger partial charge in [0.15, 0.2) is 5.82 Å². The average molecular weight is 364 g/mol. The minimum atomic E-state index is -0.459. The Labute approximate surface area is 151 Å². The molecule has 4 aromatic rings. The van der Waals surface area contributed by atoms with Gasteiger partial charge in [0.25, 0.3) is 11.2 Å². The Morgan fingerprint density at radius 2 is 1.88 bits per heavy atom. The molecule has 26 heavy (non-hydrogen) atoms. The molecule has 0 aliphatic rings. The van der Waals surface area contributed by atoms with E-state index in [2.05, 4.69) is 10.1 Å². The molecule has 7 nitrogen and oxygen atoms in total. The van der Waals surface area contributed by atoms with Gasteiger partial charge >= 0.3 is 0 Å². The minimum absolute atomic E-state index is 0.00928. The van der Waals surface area contributed by atoms with Gasteiger partial charge in [-0.05, 0) is 36.3 Å². The highest BCUT2D eigenvalue weighted by Crippen LogP contribution is 2.20. The molecule has 0 spiro atoms. The van der Waals surface area contributed by atoms with Crippen molar-refractivity contribution >= 4 is 28.1 Å². The highest BCUT2D eigenvalue weighted by Gasteiger charge is 2.13. The van der Waals surface area contributed by atoms with Crippen LogP contribution in [0.2, 0.25) is 0 Å². The van der Waals surface area contributed by atoms with E-state index in [1.165, 1.54) is 28.0 Å². The van der Waals surface area contributed by atoms with Crippen molar-refractivity contribution in [3.8, 4) is 11.4 Å². The number of benzene rings is 2. The number of nitro groups is 1. The van der Waals surface area contributed by atoms with Crippen LogP contribution in [0.15, 0.2) is 53.3 Å². The summed E-state index contributed by atoms with van der Waals surface area (Å²) in [5.41, 5.74) is 2.39. The van der Waals surface area contributed by atoms with Gasteiger partial charge in [-0.1, -0.05) is 35.6 Å². The van der Waals surface area contributed by atoms with E-state index in [4.69, 9.17) is 0 Å². The maximum absolute atomic E-state index is 12.6. The molecule has 0 fully saturated rings. The Morgan fingerprint density at radius 1 is 1.15 bits per heavy atom. The summed E-state index contributed by atoms with van der Waals surface area (Å²) < 4.78 is 1.77. The van der Waals surface area contributed by atoms with Crippen LogP contribution in [-0.4, -0.2) is 19.5 Å². The van der Waals surface area contributed by atoms with E-state index < -0.39 is 4.92 Å². The monoisotopic (exact) mass is 364 g/mol. The van der Waals surface area contributed by atoms with Crippen LogP contribution in [-0.2, 0) is 0 Å². The van der Waals surface area contributed by atoms with Crippen LogP contribution in [0.25, 0.3) is 22.4 Å². The second-order valence-electron chi connectivity index (χ2n) is 5.71. The van der Waals surface area contributed by atoms with E-state index in [1.807, 2.05) is 31.2 Å². The zero-order valence-corrected chi connectivity index (χ0v) is 14.4. The number of hydrogen-bond donors (Lipinski definition) is 0. The fraction of sp³-hybridized carbons (Fsp3) is 0.0556. The van der Waals surface area contributed by atoms with Gasteiger partial charge in [0.2, 0.25) is 4.96 Å². The number of aromatic nitrogens is 3. The van der Waals surface area contributed by atoms with Crippen LogP contribution in [0.4, 0.5) is 5.69 Å². The molecular weight excluding hydrogens is 352 g/mol. The average Bonchev–Trinajstić information content (AvgIpc) is 3.16. The van der Waals surface area contributed by atoms with Crippen LogP contribution in [0.5, 0.6) is 0 Å². The Hall–Kier alpha value is -3.39. The van der Waals surface area contributed by atoms with Crippen molar-refractivity contribution in [1.82, 2.24) is 14.6 Å². The fourth-order valence-electron chi connectivity index (χ4n) is 2.62. The lowest BCUT2D eigenvalue weighted by atomic mass is 10.1. The van der Waals surface area contributed by atoms with Crippen LogP contribution >= 0.6 is 11.3 Å². The van der Waals surface area contributed by atoms with Crippen molar-refractivity contribution in [2.24, 2.45) is 0 Å². The molecule has 0 atom stereocenters. The summed E-state index contributed by atoms with van der Waals surface area (Å²) in [5.74, 6) is 0.522. The normalized spacial score (nSPS) is 12.0. The lowest BCUT2D eigenvalue weighted by Crippen LogP contribution is -2.23. The Morgan fingerprint density at radius 3 is 2.54 bits per heavy atom. The first-order valence-corrected chi connectivity index (χ1v) is 8.56. The number of fused-ring (bicyclic) bond motifs is 1. The lowest BCUT2D eigenvalue weighted by molar-refractivity contribution is -0.384. The number of non-ortho nitro benzene ring substituents is 1. The Balaban J connectivity index is 1.77. The van der Waals surface area contributed by atoms with Gasteiger partial charge in [0.05, 0.1) is 9.46 Å². The Bertz CT molecular complexity index is 1240. The first-order valence-electron chi connectivity index (χ1n) is 7.75. The molecule has 0 bridgehead atoms. The highest BCUT2D eigenvalue weighted by molar-refractivity contribution is 7.15. The van der Waals surface area contributed by atoms with Gasteiger partial charge in [-0.15, -0.1) is 5.10 Å². The van der Waals surface area contributed by atoms with Gasteiger partial charge in [-0.2, -0.15) is 9.50 Å². The maximum atomic E-state index is 12.6. The number of rotatable bonds is 3. The first kappa shape index (κ1) is 16.1. The van der Waals surface area contributed by atoms with Gasteiger partial charge in [0, 0.05) is 17.7 Å². The van der Waals surface area contributed by atoms with Crippen molar-refractivity contribution in [1.29, 1.82) is 0 Å². The molecule has 2 aromatic heterocycles. The fourth-order valence-corrected chi connectivity index (χ4v) is 3.52. The molecule has 0 radical (unpaired) electrons. The molecule has 0 aliphatic heterocycles. The number of nitrogens with zero attached hydrogens (tertiary/aromatic N) is 4. The van der Waals surface area contributed by atoms with Crippen molar-refractivity contribution in [2.75, 3.05) is 0 Å². The van der Waals surface area contributed by atoms with Gasteiger partial charge in [-0.3, -0.25) is 14.9 Å². The molecule has 0 aliphatic carbocycles. The topological polar surface area (TPSA) is 90.4 Å². The van der Waals surface area contributed by atoms with Crippen molar-refractivity contribution in [3.05, 3.63) is 84.7 Å². The highest BCUT2D eigenvalue weighted by atomic mass is 32.1. The zero-order valence-electron chi connectivity index (χ0n) is 13.6. The summed E-state index contributed by atoms with van der Waals surface area (Å²) in [7, 11) is 0. The van der Waals surface area contributed by atoms with Gasteiger partial charge in [-0.25, -0.2) is 0 Å². The van der Waals surface area contributed by atoms with Crippen LogP contribution in [0.1, 0.15) is 11.1 Å². The first-order chi connectivity index (χ1) is 12.5. The van der Waals surface area contributed by atoms with E-state index in [0.717, 1.165) is 11.1 Å². The van der Waals surface area contributed by atoms with Crippen LogP contribution < -0.4 is 10.1 Å². The second kappa shape index (κ2) is 6.16. The summed E-state index contributed by atoms with van der Waals surface area (Å²) in [6.07, 6.45) is 1.68. The predicted octanol–water partition coefficient (Wildman–Crippen LogP) is 2.58. The maximum Gasteiger partial charge on any atom is 0.291 e. The molecule has 8 heteroatoms. The van der Waals surface area contributed by atoms with Crippen molar-refractivity contribution in [3.63, 3.8) is 0 Å². The predicted molar refractivity (Wildman–Crippen MR) is 99.2 cm³/mol. The number of thiazole rings is 1. The summed E-state index contributed by atoms with van der Waals surface area (Å²) in [6, 6.07) is 13.8. The third-order valence-corrected chi connectivity index (χ3v) is 4.93. The van der Waals surface area contributed by atoms with E-state index in [0.29, 0.717) is 20.9 Å². The smallest absolute Gasteiger partial charge is 0.266 e. The van der Waals surface area contributed by atoms with Crippen LogP contribution in [0, 0.1) is 17.0 Å². The van der Waals surface area contributed by atoms with Crippen LogP contribution in [0.3, 0.4) is 0 Å². The Kier molecular flexibility index (Phi) is 3.81. The minimum Gasteiger partial charge on any atom is -0.266 e. The molecule has 2 aromatic carbocycles. The molecular formula is C18H12N4O3S. The zero-order chi connectivity index (χ0) is 18.3. The summed E-state index contributed by atoms with van der Waals surface area (Å²) in [4.78, 5) is 27.8. The molecule has 0 saturated carbocycles. The molecule has 4 rings (SSSR count). The van der Waals surface area contributed by atoms with Gasteiger partial charge in [0.1, 0.15) is 0 Å². The second-order valence-corrected chi connectivity index (χ2v) is 6.72. The van der Waals surface area contributed by atoms with E-state index in [9.17, 15) is 14.9 Å². The largest absolute Gasteiger partial charge is 0.291 e. The lowest BCUT2D eigenvalue weighted by Gasteiger charge is -1.98. The van der Waals surface area contributed by atoms with Gasteiger partial charge < -0.3 is 0 Å². The quantitative estimate of drug-likeness (QED) is 0.412. The van der Waals surface area contributed by atoms with E-state index >= 15 is 0 Å². The van der Waals surface area contributed by atoms with E-state index in [1.54, 1.807) is 18.2 Å². The SMILES string of the molecule is Cc1ccccc1-c1nc2s/c(=C/c3ccc([N+](=O)[O-])cc3)c(=O)n2n1. The molecule has 0 unspecified atom stereocenters. The molecule has 0 saturated heterocycles. The third kappa shape index (κ3) is 2.76. The number of nitro benzene ring substituents is 1. The van der Waals surface area contributed by atoms with E-state index in [-0.39, 0.29) is 11.2 Å². The summed E-state index contributed by atoms with van der Waals surface area (Å²) in [5, 5.41) is 15.0. The van der Waals surface area contributed by atoms with Crippen molar-refractivity contribution < 1.29 is 4.92 Å². The number of aryl methyl sites for hydroxylation is 1. The third-order valence-electron chi connectivity index (χ3n) is 3.97. The summed E-state index contributed by atoms with van der Waals surface area (Å²) >= 11 is 1.24. The molecule has 2 heterocycles. The molecule has 128 valence electrons. The summed E-state index contributed by atoms with van der Waals surface area (Å²) in [6.45, 7) is 1.97.